The number of alkyl halides is 1. The van der Waals surface area contributed by atoms with Gasteiger partial charge in [0.05, 0.1) is 11.6 Å². The molecule has 1 fully saturated rings. The summed E-state index contributed by atoms with van der Waals surface area (Å²) in [6, 6.07) is 4.90. The molecule has 4 nitrogen and oxygen atoms in total. The number of phenolic OH excluding ortho intramolecular Hbond substituents is 1. The Morgan fingerprint density at radius 1 is 1.33 bits per heavy atom. The summed E-state index contributed by atoms with van der Waals surface area (Å²) in [6.07, 6.45) is 2.20. The normalized spacial score (nSPS) is 15.0. The van der Waals surface area contributed by atoms with Gasteiger partial charge in [-0.3, -0.25) is 4.57 Å². The van der Waals surface area contributed by atoms with Crippen LogP contribution in [0.4, 0.5) is 0 Å². The van der Waals surface area contributed by atoms with Crippen LogP contribution in [0, 0.1) is 0 Å². The maximum absolute atomic E-state index is 9.98. The zero-order chi connectivity index (χ0) is 12.7. The Hall–Kier alpha value is -1.26. The second kappa shape index (κ2) is 4.44. The summed E-state index contributed by atoms with van der Waals surface area (Å²) in [5.74, 6) is 2.27. The zero-order valence-electron chi connectivity index (χ0n) is 9.48. The van der Waals surface area contributed by atoms with Gasteiger partial charge in [-0.1, -0.05) is 11.6 Å². The Bertz CT molecular complexity index is 593. The molecule has 1 aromatic heterocycles. The molecule has 0 saturated heterocycles. The van der Waals surface area contributed by atoms with Crippen molar-refractivity contribution in [3.05, 3.63) is 34.9 Å². The number of aromatic nitrogens is 3. The molecule has 0 spiro atoms. The Kier molecular flexibility index (Phi) is 2.92. The summed E-state index contributed by atoms with van der Waals surface area (Å²) >= 11 is 11.9. The van der Waals surface area contributed by atoms with Crippen molar-refractivity contribution in [2.24, 2.45) is 0 Å². The number of aromatic hydroxyl groups is 1. The van der Waals surface area contributed by atoms with Gasteiger partial charge < -0.3 is 5.11 Å². The first kappa shape index (κ1) is 11.8. The number of hydrogen-bond acceptors (Lipinski definition) is 3. The van der Waals surface area contributed by atoms with Crippen LogP contribution < -0.4 is 0 Å². The van der Waals surface area contributed by atoms with Crippen molar-refractivity contribution in [3.63, 3.8) is 0 Å². The topological polar surface area (TPSA) is 50.9 Å². The summed E-state index contributed by atoms with van der Waals surface area (Å²) in [7, 11) is 0. The third kappa shape index (κ3) is 1.95. The monoisotopic (exact) mass is 283 g/mol. The molecule has 1 saturated carbocycles. The molecule has 0 amide bonds. The van der Waals surface area contributed by atoms with Crippen LogP contribution in [0.5, 0.6) is 5.75 Å². The zero-order valence-corrected chi connectivity index (χ0v) is 11.0. The molecule has 1 aliphatic rings. The molecule has 1 aromatic carbocycles. The van der Waals surface area contributed by atoms with E-state index in [1.807, 2.05) is 4.57 Å². The van der Waals surface area contributed by atoms with Gasteiger partial charge >= 0.3 is 0 Å². The fourth-order valence-corrected chi connectivity index (χ4v) is 2.30. The number of nitrogens with zero attached hydrogens (tertiary/aromatic N) is 3. The van der Waals surface area contributed by atoms with Gasteiger partial charge in [-0.05, 0) is 31.0 Å². The minimum atomic E-state index is 0.146. The van der Waals surface area contributed by atoms with Gasteiger partial charge in [0.25, 0.3) is 0 Å². The third-order valence-electron chi connectivity index (χ3n) is 3.00. The van der Waals surface area contributed by atoms with Crippen molar-refractivity contribution in [3.8, 4) is 11.4 Å². The fraction of sp³-hybridized carbons (Fsp3) is 0.333. The smallest absolute Gasteiger partial charge is 0.152 e. The van der Waals surface area contributed by atoms with Crippen molar-refractivity contribution in [1.29, 1.82) is 0 Å². The van der Waals surface area contributed by atoms with Gasteiger partial charge in [-0.15, -0.1) is 21.8 Å². The number of hydrogen-bond donors (Lipinski definition) is 1. The SMILES string of the molecule is Oc1ccc(Cl)cc1-n1c(CCl)nnc1C1CC1. The lowest BCUT2D eigenvalue weighted by molar-refractivity contribution is 0.471. The van der Waals surface area contributed by atoms with E-state index in [9.17, 15) is 5.11 Å². The third-order valence-corrected chi connectivity index (χ3v) is 3.47. The van der Waals surface area contributed by atoms with Crippen molar-refractivity contribution in [2.75, 3.05) is 0 Å². The minimum Gasteiger partial charge on any atom is -0.506 e. The van der Waals surface area contributed by atoms with Crippen LogP contribution in [0.3, 0.4) is 0 Å². The lowest BCUT2D eigenvalue weighted by Gasteiger charge is -2.11. The molecule has 0 atom stereocenters. The summed E-state index contributed by atoms with van der Waals surface area (Å²) in [5.41, 5.74) is 0.588. The highest BCUT2D eigenvalue weighted by atomic mass is 35.5. The van der Waals surface area contributed by atoms with E-state index in [0.29, 0.717) is 22.5 Å². The molecular formula is C12H11Cl2N3O. The highest BCUT2D eigenvalue weighted by molar-refractivity contribution is 6.30. The largest absolute Gasteiger partial charge is 0.506 e. The summed E-state index contributed by atoms with van der Waals surface area (Å²) in [6.45, 7) is 0. The molecule has 2 aromatic rings. The molecular weight excluding hydrogens is 273 g/mol. The number of halogens is 2. The van der Waals surface area contributed by atoms with E-state index in [4.69, 9.17) is 23.2 Å². The van der Waals surface area contributed by atoms with Crippen LogP contribution in [0.2, 0.25) is 5.02 Å². The van der Waals surface area contributed by atoms with E-state index < -0.39 is 0 Å². The Morgan fingerprint density at radius 2 is 2.11 bits per heavy atom. The van der Waals surface area contributed by atoms with Crippen LogP contribution in [0.15, 0.2) is 18.2 Å². The standard InChI is InChI=1S/C12H11Cl2N3O/c13-6-11-15-16-12(7-1-2-7)17(11)9-5-8(14)3-4-10(9)18/h3-5,7,18H,1-2,6H2. The first-order valence-electron chi connectivity index (χ1n) is 5.69. The maximum atomic E-state index is 9.98. The summed E-state index contributed by atoms with van der Waals surface area (Å²) in [4.78, 5) is 0. The van der Waals surface area contributed by atoms with Crippen molar-refractivity contribution in [1.82, 2.24) is 14.8 Å². The number of rotatable bonds is 3. The number of phenols is 1. The van der Waals surface area contributed by atoms with Gasteiger partial charge in [0.2, 0.25) is 0 Å². The summed E-state index contributed by atoms with van der Waals surface area (Å²) < 4.78 is 1.81. The molecule has 18 heavy (non-hydrogen) atoms. The van der Waals surface area contributed by atoms with Gasteiger partial charge in [0, 0.05) is 10.9 Å². The molecule has 1 heterocycles. The molecule has 1 aliphatic carbocycles. The molecule has 0 radical (unpaired) electrons. The van der Waals surface area contributed by atoms with Crippen LogP contribution in [0.25, 0.3) is 5.69 Å². The molecule has 0 bridgehead atoms. The van der Waals surface area contributed by atoms with E-state index >= 15 is 0 Å². The lowest BCUT2D eigenvalue weighted by atomic mass is 10.2. The average molecular weight is 284 g/mol. The van der Waals surface area contributed by atoms with Crippen molar-refractivity contribution < 1.29 is 5.11 Å². The predicted molar refractivity (Wildman–Crippen MR) is 69.6 cm³/mol. The quantitative estimate of drug-likeness (QED) is 0.880. The minimum absolute atomic E-state index is 0.146. The Morgan fingerprint density at radius 3 is 2.78 bits per heavy atom. The predicted octanol–water partition coefficient (Wildman–Crippen LogP) is 3.24. The van der Waals surface area contributed by atoms with Crippen molar-refractivity contribution >= 4 is 23.2 Å². The van der Waals surface area contributed by atoms with Crippen molar-refractivity contribution in [2.45, 2.75) is 24.6 Å². The van der Waals surface area contributed by atoms with Gasteiger partial charge in [0.1, 0.15) is 11.6 Å². The molecule has 0 unspecified atom stereocenters. The van der Waals surface area contributed by atoms with E-state index in [1.54, 1.807) is 18.2 Å². The van der Waals surface area contributed by atoms with Crippen LogP contribution >= 0.6 is 23.2 Å². The number of benzene rings is 1. The molecule has 3 rings (SSSR count). The van der Waals surface area contributed by atoms with Crippen LogP contribution in [-0.4, -0.2) is 19.9 Å². The Labute approximate surface area is 114 Å². The molecule has 6 heteroatoms. The molecule has 0 aliphatic heterocycles. The summed E-state index contributed by atoms with van der Waals surface area (Å²) in [5, 5.41) is 18.8. The van der Waals surface area contributed by atoms with E-state index in [2.05, 4.69) is 10.2 Å². The first-order chi connectivity index (χ1) is 8.70. The lowest BCUT2D eigenvalue weighted by Crippen LogP contribution is -2.04. The average Bonchev–Trinajstić information content (AvgIpc) is 3.12. The van der Waals surface area contributed by atoms with Gasteiger partial charge in [-0.25, -0.2) is 0 Å². The highest BCUT2D eigenvalue weighted by Crippen LogP contribution is 2.41. The highest BCUT2D eigenvalue weighted by Gasteiger charge is 2.31. The van der Waals surface area contributed by atoms with Crippen LogP contribution in [0.1, 0.15) is 30.4 Å². The second-order valence-corrected chi connectivity index (χ2v) is 5.05. The van der Waals surface area contributed by atoms with Gasteiger partial charge in [-0.2, -0.15) is 0 Å². The maximum Gasteiger partial charge on any atom is 0.152 e. The molecule has 94 valence electrons. The second-order valence-electron chi connectivity index (χ2n) is 4.35. The van der Waals surface area contributed by atoms with Gasteiger partial charge in [0.15, 0.2) is 5.82 Å². The Balaban J connectivity index is 2.19. The fourth-order valence-electron chi connectivity index (χ4n) is 1.96. The van der Waals surface area contributed by atoms with E-state index in [-0.39, 0.29) is 11.6 Å². The van der Waals surface area contributed by atoms with Crippen LogP contribution in [-0.2, 0) is 5.88 Å². The first-order valence-corrected chi connectivity index (χ1v) is 6.61. The molecule has 1 N–H and O–H groups in total. The van der Waals surface area contributed by atoms with E-state index in [1.165, 1.54) is 0 Å². The van der Waals surface area contributed by atoms with E-state index in [0.717, 1.165) is 18.7 Å².